The molecule has 0 radical (unpaired) electrons. The summed E-state index contributed by atoms with van der Waals surface area (Å²) >= 11 is 1.66. The van der Waals surface area contributed by atoms with Crippen LogP contribution >= 0.6 is 11.8 Å². The lowest BCUT2D eigenvalue weighted by molar-refractivity contribution is -0.128. The number of benzene rings is 3. The third-order valence-corrected chi connectivity index (χ3v) is 7.58. The number of amides is 2. The zero-order valence-electron chi connectivity index (χ0n) is 18.1. The second-order valence-corrected chi connectivity index (χ2v) is 9.53. The van der Waals surface area contributed by atoms with Crippen LogP contribution in [0.25, 0.3) is 0 Å². The highest BCUT2D eigenvalue weighted by molar-refractivity contribution is 8.00. The molecule has 0 N–H and O–H groups in total. The summed E-state index contributed by atoms with van der Waals surface area (Å²) < 4.78 is 0. The Kier molecular flexibility index (Phi) is 5.75. The third-order valence-electron chi connectivity index (χ3n) is 6.32. The quantitative estimate of drug-likeness (QED) is 0.552. The van der Waals surface area contributed by atoms with E-state index in [4.69, 9.17) is 0 Å². The van der Waals surface area contributed by atoms with Crippen LogP contribution in [0.2, 0.25) is 0 Å². The van der Waals surface area contributed by atoms with Crippen LogP contribution in [0, 0.1) is 0 Å². The molecule has 2 aliphatic heterocycles. The van der Waals surface area contributed by atoms with E-state index in [0.29, 0.717) is 17.9 Å². The van der Waals surface area contributed by atoms with Crippen LogP contribution in [-0.4, -0.2) is 35.1 Å². The number of carbonyl (C=O) groups is 2. The average molecular weight is 443 g/mol. The number of fused-ring (bicyclic) bond motifs is 1. The van der Waals surface area contributed by atoms with Crippen molar-refractivity contribution in [1.29, 1.82) is 0 Å². The summed E-state index contributed by atoms with van der Waals surface area (Å²) in [6, 6.07) is 26.4. The molecule has 2 heterocycles. The van der Waals surface area contributed by atoms with Gasteiger partial charge in [0.25, 0.3) is 5.91 Å². The van der Waals surface area contributed by atoms with Gasteiger partial charge in [-0.1, -0.05) is 60.7 Å². The fraction of sp³-hybridized carbons (Fsp3) is 0.259. The fourth-order valence-corrected chi connectivity index (χ4v) is 5.89. The van der Waals surface area contributed by atoms with E-state index in [1.54, 1.807) is 11.8 Å². The van der Waals surface area contributed by atoms with Crippen LogP contribution in [-0.2, 0) is 17.6 Å². The van der Waals surface area contributed by atoms with Crippen molar-refractivity contribution in [2.45, 2.75) is 31.2 Å². The lowest BCUT2D eigenvalue weighted by Gasteiger charge is -2.25. The third kappa shape index (κ3) is 3.93. The minimum atomic E-state index is 0.00167. The monoisotopic (exact) mass is 442 g/mol. The van der Waals surface area contributed by atoms with Gasteiger partial charge in [-0.2, -0.15) is 0 Å². The zero-order chi connectivity index (χ0) is 22.1. The predicted octanol–water partition coefficient (Wildman–Crippen LogP) is 5.09. The fourth-order valence-electron chi connectivity index (χ4n) is 4.67. The van der Waals surface area contributed by atoms with Crippen LogP contribution in [0.4, 0.5) is 5.69 Å². The highest BCUT2D eigenvalue weighted by Crippen LogP contribution is 2.39. The minimum Gasteiger partial charge on any atom is -0.326 e. The molecule has 0 aromatic heterocycles. The van der Waals surface area contributed by atoms with E-state index in [9.17, 15) is 9.59 Å². The van der Waals surface area contributed by atoms with E-state index in [1.165, 1.54) is 11.1 Å². The van der Waals surface area contributed by atoms with Gasteiger partial charge in [-0.3, -0.25) is 9.59 Å². The molecule has 2 aliphatic rings. The van der Waals surface area contributed by atoms with E-state index >= 15 is 0 Å². The molecule has 0 bridgehead atoms. The molecule has 162 valence electrons. The van der Waals surface area contributed by atoms with Crippen molar-refractivity contribution in [3.63, 3.8) is 0 Å². The van der Waals surface area contributed by atoms with Crippen molar-refractivity contribution in [2.24, 2.45) is 0 Å². The second kappa shape index (κ2) is 8.83. The molecule has 0 spiro atoms. The molecule has 4 nitrogen and oxygen atoms in total. The number of carbonyl (C=O) groups excluding carboxylic acids is 2. The number of rotatable bonds is 5. The van der Waals surface area contributed by atoms with Crippen LogP contribution in [0.15, 0.2) is 78.9 Å². The highest BCUT2D eigenvalue weighted by Gasteiger charge is 2.34. The molecule has 2 atom stereocenters. The van der Waals surface area contributed by atoms with Crippen molar-refractivity contribution in [3.8, 4) is 0 Å². The summed E-state index contributed by atoms with van der Waals surface area (Å²) in [6.07, 6.45) is 1.73. The predicted molar refractivity (Wildman–Crippen MR) is 130 cm³/mol. The standard InChI is InChI=1S/C27H26N2O2S/c1-19-17-23-9-5-6-10-24(23)29(19)26(31)21-11-13-22(14-12-21)27-28(25(30)18-32-27)16-15-20-7-3-2-4-8-20/h2-14,19,27H,15-18H2,1H3/t19-,27-/m0/s1. The van der Waals surface area contributed by atoms with Gasteiger partial charge >= 0.3 is 0 Å². The van der Waals surface area contributed by atoms with E-state index in [0.717, 1.165) is 24.1 Å². The van der Waals surface area contributed by atoms with Gasteiger partial charge < -0.3 is 9.80 Å². The summed E-state index contributed by atoms with van der Waals surface area (Å²) in [4.78, 5) is 29.7. The molecule has 3 aromatic rings. The first-order chi connectivity index (χ1) is 15.6. The van der Waals surface area contributed by atoms with Crippen LogP contribution in [0.1, 0.15) is 39.3 Å². The molecular formula is C27H26N2O2S. The normalized spacial score (nSPS) is 20.0. The van der Waals surface area contributed by atoms with Crippen molar-refractivity contribution in [2.75, 3.05) is 17.2 Å². The summed E-state index contributed by atoms with van der Waals surface area (Å²) in [5.41, 5.74) is 5.22. The largest absolute Gasteiger partial charge is 0.326 e. The first kappa shape index (κ1) is 20.8. The zero-order valence-corrected chi connectivity index (χ0v) is 18.9. The molecule has 5 heteroatoms. The molecule has 2 amide bonds. The van der Waals surface area contributed by atoms with Gasteiger partial charge in [-0.05, 0) is 54.7 Å². The number of anilines is 1. The van der Waals surface area contributed by atoms with Gasteiger partial charge in [-0.15, -0.1) is 11.8 Å². The Hall–Kier alpha value is -3.05. The van der Waals surface area contributed by atoms with Gasteiger partial charge in [0.15, 0.2) is 0 Å². The lowest BCUT2D eigenvalue weighted by Crippen LogP contribution is -2.35. The van der Waals surface area contributed by atoms with Gasteiger partial charge in [0.2, 0.25) is 5.91 Å². The smallest absolute Gasteiger partial charge is 0.258 e. The van der Waals surface area contributed by atoms with E-state index in [1.807, 2.05) is 70.5 Å². The summed E-state index contributed by atoms with van der Waals surface area (Å²) in [7, 11) is 0. The first-order valence-electron chi connectivity index (χ1n) is 11.1. The molecule has 1 saturated heterocycles. The minimum absolute atomic E-state index is 0.00167. The number of para-hydroxylation sites is 1. The van der Waals surface area contributed by atoms with Crippen molar-refractivity contribution in [1.82, 2.24) is 4.90 Å². The van der Waals surface area contributed by atoms with Crippen molar-refractivity contribution in [3.05, 3.63) is 101 Å². The Labute approximate surface area is 193 Å². The Morgan fingerprint density at radius 3 is 2.47 bits per heavy atom. The number of hydrogen-bond donors (Lipinski definition) is 0. The average Bonchev–Trinajstić information content (AvgIpc) is 3.36. The van der Waals surface area contributed by atoms with Crippen molar-refractivity contribution < 1.29 is 9.59 Å². The molecule has 0 unspecified atom stereocenters. The van der Waals surface area contributed by atoms with Crippen LogP contribution in [0.5, 0.6) is 0 Å². The summed E-state index contributed by atoms with van der Waals surface area (Å²) in [6.45, 7) is 2.79. The molecule has 32 heavy (non-hydrogen) atoms. The molecule has 0 aliphatic carbocycles. The van der Waals surface area contributed by atoms with Gasteiger partial charge in [0, 0.05) is 23.8 Å². The maximum absolute atomic E-state index is 13.3. The first-order valence-corrected chi connectivity index (χ1v) is 12.1. The maximum Gasteiger partial charge on any atom is 0.258 e. The SMILES string of the molecule is C[C@H]1Cc2ccccc2N1C(=O)c1ccc([C@@H]2SCC(=O)N2CCc2ccccc2)cc1. The molecule has 5 rings (SSSR count). The summed E-state index contributed by atoms with van der Waals surface area (Å²) in [5.74, 6) is 0.714. The molecule has 1 fully saturated rings. The maximum atomic E-state index is 13.3. The van der Waals surface area contributed by atoms with Crippen LogP contribution in [0.3, 0.4) is 0 Å². The number of hydrogen-bond acceptors (Lipinski definition) is 3. The number of thioether (sulfide) groups is 1. The van der Waals surface area contributed by atoms with Crippen LogP contribution < -0.4 is 4.90 Å². The second-order valence-electron chi connectivity index (χ2n) is 8.47. The Morgan fingerprint density at radius 1 is 0.969 bits per heavy atom. The Morgan fingerprint density at radius 2 is 1.69 bits per heavy atom. The molecule has 0 saturated carbocycles. The van der Waals surface area contributed by atoms with Gasteiger partial charge in [0.05, 0.1) is 5.75 Å². The summed E-state index contributed by atoms with van der Waals surface area (Å²) in [5, 5.41) is 0.00167. The Bertz CT molecular complexity index is 1130. The lowest BCUT2D eigenvalue weighted by atomic mass is 10.1. The van der Waals surface area contributed by atoms with E-state index in [-0.39, 0.29) is 23.2 Å². The van der Waals surface area contributed by atoms with E-state index in [2.05, 4.69) is 25.1 Å². The Balaban J connectivity index is 1.32. The number of nitrogens with zero attached hydrogens (tertiary/aromatic N) is 2. The highest BCUT2D eigenvalue weighted by atomic mass is 32.2. The molecular weight excluding hydrogens is 416 g/mol. The van der Waals surface area contributed by atoms with Gasteiger partial charge in [0.1, 0.15) is 5.37 Å². The van der Waals surface area contributed by atoms with Gasteiger partial charge in [-0.25, -0.2) is 0 Å². The topological polar surface area (TPSA) is 40.6 Å². The molecule has 3 aromatic carbocycles. The van der Waals surface area contributed by atoms with Crippen molar-refractivity contribution >= 4 is 29.3 Å². The van der Waals surface area contributed by atoms with E-state index < -0.39 is 0 Å².